The molecule has 7 nitrogen and oxygen atoms in total. The number of ether oxygens (including phenoxy) is 1. The number of hydrogen-bond donors (Lipinski definition) is 3. The van der Waals surface area contributed by atoms with Crippen LogP contribution in [0.25, 0.3) is 0 Å². The van der Waals surface area contributed by atoms with Crippen molar-refractivity contribution in [1.29, 1.82) is 5.26 Å². The molecule has 0 amide bonds. The maximum Gasteiger partial charge on any atom is 0.259 e. The molecule has 3 rings (SSSR count). The highest BCUT2D eigenvalue weighted by molar-refractivity contribution is 7.71. The molecule has 0 fully saturated rings. The number of nitrogens with two attached hydrogens (primary N) is 1. The van der Waals surface area contributed by atoms with Crippen LogP contribution in [0.5, 0.6) is 5.88 Å². The van der Waals surface area contributed by atoms with E-state index in [-0.39, 0.29) is 27.7 Å². The van der Waals surface area contributed by atoms with Gasteiger partial charge in [-0.2, -0.15) is 5.26 Å². The first-order valence-electron chi connectivity index (χ1n) is 7.13. The molecular weight excluding hydrogens is 326 g/mol. The van der Waals surface area contributed by atoms with Crippen LogP contribution in [-0.4, -0.2) is 24.1 Å². The number of aromatic amines is 2. The monoisotopic (exact) mass is 341 g/mol. The summed E-state index contributed by atoms with van der Waals surface area (Å²) in [4.78, 5) is 19.7. The zero-order valence-electron chi connectivity index (χ0n) is 13.1. The lowest BCUT2D eigenvalue weighted by atomic mass is 9.85. The predicted octanol–water partition coefficient (Wildman–Crippen LogP) is 1.72. The highest BCUT2D eigenvalue weighted by Gasteiger charge is 2.33. The fourth-order valence-corrected chi connectivity index (χ4v) is 2.87. The second-order valence-corrected chi connectivity index (χ2v) is 5.97. The third kappa shape index (κ3) is 2.55. The van der Waals surface area contributed by atoms with Crippen molar-refractivity contribution in [2.75, 3.05) is 19.0 Å². The van der Waals surface area contributed by atoms with Crippen molar-refractivity contribution >= 4 is 17.9 Å². The molecule has 0 saturated heterocycles. The Morgan fingerprint density at radius 2 is 1.96 bits per heavy atom. The number of H-pyrrole nitrogens is 2. The molecule has 122 valence electrons. The number of rotatable bonds is 2. The smallest absolute Gasteiger partial charge is 0.259 e. The molecule has 2 aromatic rings. The third-order valence-corrected chi connectivity index (χ3v) is 4.07. The van der Waals surface area contributed by atoms with Gasteiger partial charge >= 0.3 is 0 Å². The summed E-state index contributed by atoms with van der Waals surface area (Å²) in [6.07, 6.45) is 0. The van der Waals surface area contributed by atoms with Gasteiger partial charge in [0.05, 0.1) is 11.5 Å². The maximum atomic E-state index is 12.4. The summed E-state index contributed by atoms with van der Waals surface area (Å²) in [5.41, 5.74) is 7.71. The van der Waals surface area contributed by atoms with Gasteiger partial charge in [0.25, 0.3) is 5.56 Å². The molecular formula is C16H15N5O2S. The van der Waals surface area contributed by atoms with E-state index in [1.807, 2.05) is 49.3 Å². The lowest BCUT2D eigenvalue weighted by Gasteiger charge is -2.25. The van der Waals surface area contributed by atoms with Gasteiger partial charge in [-0.3, -0.25) is 9.78 Å². The van der Waals surface area contributed by atoms with Gasteiger partial charge in [-0.25, -0.2) is 0 Å². The fourth-order valence-electron chi connectivity index (χ4n) is 2.69. The maximum absolute atomic E-state index is 12.4. The molecule has 1 aliphatic heterocycles. The molecule has 1 aromatic carbocycles. The molecule has 1 aliphatic rings. The number of allylic oxidation sites excluding steroid dienone is 1. The molecule has 24 heavy (non-hydrogen) atoms. The van der Waals surface area contributed by atoms with Crippen molar-refractivity contribution in [3.63, 3.8) is 0 Å². The zero-order chi connectivity index (χ0) is 17.4. The zero-order valence-corrected chi connectivity index (χ0v) is 13.9. The standard InChI is InChI=1S/C16H15N5O2S/c1-21(2)9-5-3-8(4-6-9)11-10(7-17)13(18)23-15-12(11)14(22)19-16(24)20-15/h3-6,11H,18H2,1-2H3,(H2,19,20,22,24)/t11-/m0/s1. The van der Waals surface area contributed by atoms with E-state index >= 15 is 0 Å². The Morgan fingerprint density at radius 1 is 1.29 bits per heavy atom. The summed E-state index contributed by atoms with van der Waals surface area (Å²) >= 11 is 4.96. The topological polar surface area (TPSA) is 111 Å². The van der Waals surface area contributed by atoms with Gasteiger partial charge in [0.1, 0.15) is 11.6 Å². The summed E-state index contributed by atoms with van der Waals surface area (Å²) < 4.78 is 5.53. The number of anilines is 1. The lowest BCUT2D eigenvalue weighted by Crippen LogP contribution is -2.28. The molecule has 4 N–H and O–H groups in total. The first-order chi connectivity index (χ1) is 11.4. The van der Waals surface area contributed by atoms with Crippen LogP contribution < -0.4 is 20.9 Å². The Balaban J connectivity index is 2.24. The van der Waals surface area contributed by atoms with E-state index in [0.717, 1.165) is 11.3 Å². The molecule has 1 atom stereocenters. The van der Waals surface area contributed by atoms with Gasteiger partial charge in [0.2, 0.25) is 11.8 Å². The Bertz CT molecular complexity index is 979. The van der Waals surface area contributed by atoms with Crippen molar-refractivity contribution in [1.82, 2.24) is 9.97 Å². The molecule has 8 heteroatoms. The van der Waals surface area contributed by atoms with E-state index in [0.29, 0.717) is 0 Å². The average Bonchev–Trinajstić information content (AvgIpc) is 2.53. The number of fused-ring (bicyclic) bond motifs is 1. The van der Waals surface area contributed by atoms with Crippen molar-refractivity contribution < 1.29 is 4.74 Å². The molecule has 2 heterocycles. The van der Waals surface area contributed by atoms with Crippen molar-refractivity contribution in [3.05, 3.63) is 62.0 Å². The SMILES string of the molecule is CN(C)c1ccc([C@H]2C(C#N)=C(N)Oc3[nH]c(=S)[nH]c(=O)c32)cc1. The highest BCUT2D eigenvalue weighted by Crippen LogP contribution is 2.39. The Kier molecular flexibility index (Phi) is 3.87. The number of nitrogens with zero attached hydrogens (tertiary/aromatic N) is 2. The summed E-state index contributed by atoms with van der Waals surface area (Å²) in [6.45, 7) is 0. The van der Waals surface area contributed by atoms with Crippen LogP contribution >= 0.6 is 12.2 Å². The van der Waals surface area contributed by atoms with Crippen LogP contribution in [0.3, 0.4) is 0 Å². The van der Waals surface area contributed by atoms with E-state index in [9.17, 15) is 10.1 Å². The molecule has 0 aliphatic carbocycles. The number of nitriles is 1. The van der Waals surface area contributed by atoms with E-state index in [1.54, 1.807) is 0 Å². The van der Waals surface area contributed by atoms with Crippen molar-refractivity contribution in [2.45, 2.75) is 5.92 Å². The molecule has 0 unspecified atom stereocenters. The van der Waals surface area contributed by atoms with Crippen LogP contribution in [0, 0.1) is 16.1 Å². The Labute approximate surface area is 143 Å². The van der Waals surface area contributed by atoms with Gasteiger partial charge < -0.3 is 20.4 Å². The summed E-state index contributed by atoms with van der Waals surface area (Å²) in [5, 5.41) is 9.49. The molecule has 0 spiro atoms. The van der Waals surface area contributed by atoms with Crippen LogP contribution in [0.4, 0.5) is 5.69 Å². The van der Waals surface area contributed by atoms with Crippen molar-refractivity contribution in [2.24, 2.45) is 5.73 Å². The molecule has 1 aromatic heterocycles. The van der Waals surface area contributed by atoms with Gasteiger partial charge in [0.15, 0.2) is 4.77 Å². The average molecular weight is 341 g/mol. The minimum absolute atomic E-state index is 0.0389. The van der Waals surface area contributed by atoms with Gasteiger partial charge in [0, 0.05) is 19.8 Å². The fraction of sp³-hybridized carbons (Fsp3) is 0.188. The van der Waals surface area contributed by atoms with E-state index in [4.69, 9.17) is 22.7 Å². The number of benzene rings is 1. The summed E-state index contributed by atoms with van der Waals surface area (Å²) in [6, 6.07) is 9.60. The normalized spacial score (nSPS) is 16.1. The third-order valence-electron chi connectivity index (χ3n) is 3.86. The summed E-state index contributed by atoms with van der Waals surface area (Å²) in [5.74, 6) is -0.490. The minimum atomic E-state index is -0.620. The van der Waals surface area contributed by atoms with E-state index in [2.05, 4.69) is 9.97 Å². The lowest BCUT2D eigenvalue weighted by molar-refractivity contribution is 0.374. The Hall–Kier alpha value is -3.05. The van der Waals surface area contributed by atoms with Crippen LogP contribution in [0.2, 0.25) is 0 Å². The number of aromatic nitrogens is 2. The second-order valence-electron chi connectivity index (χ2n) is 5.56. The van der Waals surface area contributed by atoms with Crippen LogP contribution in [0.15, 0.2) is 40.5 Å². The summed E-state index contributed by atoms with van der Waals surface area (Å²) in [7, 11) is 3.87. The first kappa shape index (κ1) is 15.8. The highest BCUT2D eigenvalue weighted by atomic mass is 32.1. The van der Waals surface area contributed by atoms with Crippen molar-refractivity contribution in [3.8, 4) is 11.9 Å². The van der Waals surface area contributed by atoms with E-state index < -0.39 is 11.5 Å². The number of nitrogens with one attached hydrogen (secondary N) is 2. The first-order valence-corrected chi connectivity index (χ1v) is 7.54. The number of hydrogen-bond acceptors (Lipinski definition) is 6. The molecule has 0 saturated carbocycles. The second kappa shape index (κ2) is 5.86. The molecule has 0 bridgehead atoms. The van der Waals surface area contributed by atoms with Gasteiger partial charge in [-0.15, -0.1) is 0 Å². The quantitative estimate of drug-likeness (QED) is 0.717. The van der Waals surface area contributed by atoms with Gasteiger partial charge in [-0.05, 0) is 29.9 Å². The molecule has 0 radical (unpaired) electrons. The largest absolute Gasteiger partial charge is 0.424 e. The minimum Gasteiger partial charge on any atom is -0.424 e. The van der Waals surface area contributed by atoms with Gasteiger partial charge in [-0.1, -0.05) is 12.1 Å². The van der Waals surface area contributed by atoms with Crippen LogP contribution in [0.1, 0.15) is 17.0 Å². The Morgan fingerprint density at radius 3 is 2.54 bits per heavy atom. The predicted molar refractivity (Wildman–Crippen MR) is 92.3 cm³/mol. The van der Waals surface area contributed by atoms with Crippen LogP contribution in [-0.2, 0) is 0 Å². The van der Waals surface area contributed by atoms with E-state index in [1.165, 1.54) is 0 Å².